The third-order valence-electron chi connectivity index (χ3n) is 3.49. The number of sulfonamides is 1. The van der Waals surface area contributed by atoms with E-state index in [1.54, 1.807) is 0 Å². The Morgan fingerprint density at radius 2 is 1.96 bits per heavy atom. The van der Waals surface area contributed by atoms with E-state index in [1.807, 2.05) is 24.3 Å². The van der Waals surface area contributed by atoms with Gasteiger partial charge in [0.05, 0.1) is 22.7 Å². The summed E-state index contributed by atoms with van der Waals surface area (Å²) in [4.78, 5) is 12.8. The van der Waals surface area contributed by atoms with Gasteiger partial charge in [0, 0.05) is 10.1 Å². The summed E-state index contributed by atoms with van der Waals surface area (Å²) in [5.41, 5.74) is 0.188. The molecular weight excluding hydrogens is 384 g/mol. The highest BCUT2D eigenvalue weighted by Crippen LogP contribution is 2.36. The molecule has 0 spiro atoms. The molecule has 25 heavy (non-hydrogen) atoms. The number of nitrogens with two attached hydrogens (primary N) is 1. The molecule has 3 rings (SSSR count). The summed E-state index contributed by atoms with van der Waals surface area (Å²) in [6.45, 7) is 0. The number of amides is 1. The molecule has 130 valence electrons. The number of thiophene rings is 1. The molecule has 1 amide bonds. The lowest BCUT2D eigenvalue weighted by Gasteiger charge is -2.11. The molecule has 0 atom stereocenters. The highest BCUT2D eigenvalue weighted by molar-refractivity contribution is 7.89. The predicted molar refractivity (Wildman–Crippen MR) is 99.2 cm³/mol. The van der Waals surface area contributed by atoms with Gasteiger partial charge in [0.2, 0.25) is 10.0 Å². The van der Waals surface area contributed by atoms with Crippen LogP contribution in [0.25, 0.3) is 10.1 Å². The molecule has 0 saturated carbocycles. The molecule has 3 N–H and O–H groups in total. The van der Waals surface area contributed by atoms with Crippen LogP contribution in [-0.4, -0.2) is 21.4 Å². The van der Waals surface area contributed by atoms with Crippen molar-refractivity contribution in [1.29, 1.82) is 0 Å². The van der Waals surface area contributed by atoms with Crippen molar-refractivity contribution in [2.24, 2.45) is 5.14 Å². The standard InChI is InChI=1S/C16H13ClN2O4S2/c1-23-12-7-6-9(25(18,21)22)8-11(12)19-16(20)15-14(17)10-4-2-3-5-13(10)24-15/h2-8H,1H3,(H,19,20)(H2,18,21,22). The van der Waals surface area contributed by atoms with Crippen LogP contribution in [0.2, 0.25) is 5.02 Å². The molecule has 0 aliphatic rings. The molecule has 2 aromatic carbocycles. The number of primary sulfonamides is 1. The topological polar surface area (TPSA) is 98.5 Å². The second kappa shape index (κ2) is 6.64. The second-order valence-corrected chi connectivity index (χ2v) is 8.09. The Hall–Kier alpha value is -2.13. The van der Waals surface area contributed by atoms with Crippen LogP contribution in [0.15, 0.2) is 47.4 Å². The van der Waals surface area contributed by atoms with Gasteiger partial charge in [0.25, 0.3) is 5.91 Å². The van der Waals surface area contributed by atoms with E-state index in [2.05, 4.69) is 5.32 Å². The number of anilines is 1. The van der Waals surface area contributed by atoms with Crippen molar-refractivity contribution in [2.45, 2.75) is 4.90 Å². The molecule has 0 radical (unpaired) electrons. The van der Waals surface area contributed by atoms with Crippen molar-refractivity contribution in [2.75, 3.05) is 12.4 Å². The zero-order valence-electron chi connectivity index (χ0n) is 12.9. The van der Waals surface area contributed by atoms with Crippen LogP contribution in [0.3, 0.4) is 0 Å². The molecule has 0 aliphatic carbocycles. The molecule has 1 aromatic heterocycles. The van der Waals surface area contributed by atoms with E-state index < -0.39 is 15.9 Å². The number of hydrogen-bond donors (Lipinski definition) is 2. The van der Waals surface area contributed by atoms with Gasteiger partial charge >= 0.3 is 0 Å². The van der Waals surface area contributed by atoms with E-state index in [4.69, 9.17) is 21.5 Å². The number of carbonyl (C=O) groups excluding carboxylic acids is 1. The summed E-state index contributed by atoms with van der Waals surface area (Å²) in [7, 11) is -2.50. The van der Waals surface area contributed by atoms with Crippen molar-refractivity contribution >= 4 is 54.6 Å². The lowest BCUT2D eigenvalue weighted by atomic mass is 10.2. The van der Waals surface area contributed by atoms with Crippen molar-refractivity contribution in [1.82, 2.24) is 0 Å². The van der Waals surface area contributed by atoms with E-state index in [0.717, 1.165) is 10.1 Å². The maximum Gasteiger partial charge on any atom is 0.267 e. The monoisotopic (exact) mass is 396 g/mol. The molecule has 0 bridgehead atoms. The fourth-order valence-electron chi connectivity index (χ4n) is 2.30. The molecule has 6 nitrogen and oxygen atoms in total. The highest BCUT2D eigenvalue weighted by atomic mass is 35.5. The lowest BCUT2D eigenvalue weighted by molar-refractivity contribution is 0.103. The van der Waals surface area contributed by atoms with Gasteiger partial charge in [-0.2, -0.15) is 0 Å². The molecule has 1 heterocycles. The molecule has 3 aromatic rings. The van der Waals surface area contributed by atoms with Gasteiger partial charge in [-0.3, -0.25) is 4.79 Å². The number of rotatable bonds is 4. The second-order valence-electron chi connectivity index (χ2n) is 5.10. The average molecular weight is 397 g/mol. The number of halogens is 1. The first-order valence-corrected chi connectivity index (χ1v) is 9.74. The summed E-state index contributed by atoms with van der Waals surface area (Å²) >= 11 is 7.54. The maximum absolute atomic E-state index is 12.6. The van der Waals surface area contributed by atoms with E-state index in [-0.39, 0.29) is 10.6 Å². The number of nitrogens with one attached hydrogen (secondary N) is 1. The number of methoxy groups -OCH3 is 1. The minimum atomic E-state index is -3.91. The minimum absolute atomic E-state index is 0.133. The quantitative estimate of drug-likeness (QED) is 0.705. The molecule has 0 aliphatic heterocycles. The largest absolute Gasteiger partial charge is 0.495 e. The van der Waals surface area contributed by atoms with Gasteiger partial charge in [-0.1, -0.05) is 29.8 Å². The van der Waals surface area contributed by atoms with Crippen molar-refractivity contribution in [3.63, 3.8) is 0 Å². The number of hydrogen-bond acceptors (Lipinski definition) is 5. The third kappa shape index (κ3) is 3.47. The molecule has 0 saturated heterocycles. The van der Waals surface area contributed by atoms with Gasteiger partial charge in [0.15, 0.2) is 0 Å². The third-order valence-corrected chi connectivity index (χ3v) is 6.07. The number of benzene rings is 2. The first kappa shape index (κ1) is 17.7. The van der Waals surface area contributed by atoms with Gasteiger partial charge in [-0.25, -0.2) is 13.6 Å². The first-order valence-electron chi connectivity index (χ1n) is 7.00. The summed E-state index contributed by atoms with van der Waals surface area (Å²) in [6, 6.07) is 11.3. The van der Waals surface area contributed by atoms with E-state index in [1.165, 1.54) is 36.6 Å². The Balaban J connectivity index is 2.01. The van der Waals surface area contributed by atoms with Gasteiger partial charge < -0.3 is 10.1 Å². The van der Waals surface area contributed by atoms with Crippen LogP contribution < -0.4 is 15.2 Å². The molecule has 0 unspecified atom stereocenters. The Morgan fingerprint density at radius 1 is 1.24 bits per heavy atom. The average Bonchev–Trinajstić information content (AvgIpc) is 2.91. The zero-order chi connectivity index (χ0) is 18.2. The zero-order valence-corrected chi connectivity index (χ0v) is 15.3. The van der Waals surface area contributed by atoms with Crippen molar-refractivity contribution in [3.05, 3.63) is 52.4 Å². The Morgan fingerprint density at radius 3 is 2.60 bits per heavy atom. The van der Waals surface area contributed by atoms with Crippen molar-refractivity contribution < 1.29 is 17.9 Å². The Kier molecular flexibility index (Phi) is 4.70. The van der Waals surface area contributed by atoms with E-state index >= 15 is 0 Å². The fraction of sp³-hybridized carbons (Fsp3) is 0.0625. The van der Waals surface area contributed by atoms with Crippen LogP contribution in [0.1, 0.15) is 9.67 Å². The SMILES string of the molecule is COc1ccc(S(N)(=O)=O)cc1NC(=O)c1sc2ccccc2c1Cl. The fourth-order valence-corrected chi connectivity index (χ4v) is 4.25. The molecule has 0 fully saturated rings. The van der Waals surface area contributed by atoms with Crippen LogP contribution >= 0.6 is 22.9 Å². The highest BCUT2D eigenvalue weighted by Gasteiger charge is 2.19. The van der Waals surface area contributed by atoms with Crippen LogP contribution in [0.4, 0.5) is 5.69 Å². The van der Waals surface area contributed by atoms with Crippen molar-refractivity contribution in [3.8, 4) is 5.75 Å². The summed E-state index contributed by atoms with van der Waals surface area (Å²) in [5.74, 6) is -0.158. The first-order chi connectivity index (χ1) is 11.8. The normalized spacial score (nSPS) is 11.5. The van der Waals surface area contributed by atoms with Crippen LogP contribution in [0, 0.1) is 0 Å². The number of fused-ring (bicyclic) bond motifs is 1. The summed E-state index contributed by atoms with van der Waals surface area (Å²) in [5, 5.41) is 8.90. The molecular formula is C16H13ClN2O4S2. The Labute approximate surface area is 153 Å². The Bertz CT molecular complexity index is 1080. The summed E-state index contributed by atoms with van der Waals surface area (Å²) in [6.07, 6.45) is 0. The smallest absolute Gasteiger partial charge is 0.267 e. The lowest BCUT2D eigenvalue weighted by Crippen LogP contribution is -2.15. The maximum atomic E-state index is 12.6. The minimum Gasteiger partial charge on any atom is -0.495 e. The van der Waals surface area contributed by atoms with Crippen LogP contribution in [-0.2, 0) is 10.0 Å². The number of ether oxygens (including phenoxy) is 1. The van der Waals surface area contributed by atoms with Gasteiger partial charge in [-0.15, -0.1) is 11.3 Å². The van der Waals surface area contributed by atoms with Gasteiger partial charge in [-0.05, 0) is 24.3 Å². The number of carbonyl (C=O) groups is 1. The van der Waals surface area contributed by atoms with E-state index in [0.29, 0.717) is 15.6 Å². The predicted octanol–water partition coefficient (Wildman–Crippen LogP) is 3.46. The molecule has 9 heteroatoms. The summed E-state index contributed by atoms with van der Waals surface area (Å²) < 4.78 is 29.1. The van der Waals surface area contributed by atoms with Gasteiger partial charge in [0.1, 0.15) is 10.6 Å². The van der Waals surface area contributed by atoms with Crippen LogP contribution in [0.5, 0.6) is 5.75 Å². The van der Waals surface area contributed by atoms with E-state index in [9.17, 15) is 13.2 Å².